The molecule has 39 heavy (non-hydrogen) atoms. The number of hydrogen-bond donors (Lipinski definition) is 4. The minimum absolute atomic E-state index is 0.0354. The number of hydrogen-bond acceptors (Lipinski definition) is 10. The number of nitrogens with zero attached hydrogens (tertiary/aromatic N) is 6. The third kappa shape index (κ3) is 5.96. The minimum Gasteiger partial charge on any atom is -0.416 e. The average molecular weight is 532 g/mol. The predicted octanol–water partition coefficient (Wildman–Crippen LogP) is 2.92. The van der Waals surface area contributed by atoms with Crippen LogP contribution >= 0.6 is 0 Å². The maximum Gasteiger partial charge on any atom is 0.309 e. The zero-order valence-electron chi connectivity index (χ0n) is 22.5. The summed E-state index contributed by atoms with van der Waals surface area (Å²) in [6, 6.07) is 7.68. The molecule has 1 aromatic carbocycles. The molecule has 12 heteroatoms. The van der Waals surface area contributed by atoms with E-state index >= 15 is 0 Å². The van der Waals surface area contributed by atoms with Gasteiger partial charge < -0.3 is 20.2 Å². The van der Waals surface area contributed by atoms with Crippen molar-refractivity contribution in [3.05, 3.63) is 65.3 Å². The number of H-pyrrole nitrogens is 1. The standard InChI is InChI=1S/C27H33N9O3/c1-16-21(14-29-33-16)32-26-28-9-7-20(31-26)18-5-6-19-17(13-18)8-10-36(11-12-37)15-22(19)30-23(38)24-34-35-25(39-24)27(2,3)4/h5-7,9,13-14,22,37H,8,10-12,15H2,1-4H3,(H,29,33)(H,30,38)(H,28,31,32)/t22-/m0/s1. The summed E-state index contributed by atoms with van der Waals surface area (Å²) in [5, 5.41) is 30.8. The molecule has 3 aromatic heterocycles. The average Bonchev–Trinajstić information content (AvgIpc) is 3.53. The lowest BCUT2D eigenvalue weighted by molar-refractivity contribution is 0.0884. The first-order valence-electron chi connectivity index (χ1n) is 12.9. The quantitative estimate of drug-likeness (QED) is 0.279. The van der Waals surface area contributed by atoms with Gasteiger partial charge in [-0.2, -0.15) is 5.10 Å². The second-order valence-corrected chi connectivity index (χ2v) is 10.7. The van der Waals surface area contributed by atoms with E-state index in [1.807, 2.05) is 45.9 Å². The molecule has 5 rings (SSSR count). The van der Waals surface area contributed by atoms with Crippen LogP contribution in [0.2, 0.25) is 0 Å². The highest BCUT2D eigenvalue weighted by Gasteiger charge is 2.29. The molecule has 0 saturated carbocycles. The van der Waals surface area contributed by atoms with E-state index in [9.17, 15) is 9.90 Å². The van der Waals surface area contributed by atoms with E-state index in [-0.39, 0.29) is 24.0 Å². The second kappa shape index (κ2) is 10.9. The zero-order chi connectivity index (χ0) is 27.6. The molecule has 204 valence electrons. The van der Waals surface area contributed by atoms with Crippen molar-refractivity contribution in [3.8, 4) is 11.3 Å². The molecule has 0 fully saturated rings. The zero-order valence-corrected chi connectivity index (χ0v) is 22.5. The van der Waals surface area contributed by atoms with Crippen LogP contribution in [0.5, 0.6) is 0 Å². The summed E-state index contributed by atoms with van der Waals surface area (Å²) in [5.74, 6) is 0.386. The van der Waals surface area contributed by atoms with Gasteiger partial charge in [-0.05, 0) is 36.6 Å². The van der Waals surface area contributed by atoms with E-state index in [0.717, 1.165) is 46.7 Å². The molecule has 4 N–H and O–H groups in total. The Morgan fingerprint density at radius 2 is 2.10 bits per heavy atom. The molecule has 12 nitrogen and oxygen atoms in total. The van der Waals surface area contributed by atoms with E-state index in [1.54, 1.807) is 12.4 Å². The maximum absolute atomic E-state index is 13.1. The summed E-state index contributed by atoms with van der Waals surface area (Å²) in [4.78, 5) is 24.3. The lowest BCUT2D eigenvalue weighted by atomic mass is 9.96. The summed E-state index contributed by atoms with van der Waals surface area (Å²) in [6.07, 6.45) is 4.17. The number of anilines is 2. The molecule has 4 aromatic rings. The van der Waals surface area contributed by atoms with Crippen molar-refractivity contribution in [2.75, 3.05) is 31.6 Å². The summed E-state index contributed by atoms with van der Waals surface area (Å²) < 4.78 is 5.66. The fourth-order valence-corrected chi connectivity index (χ4v) is 4.53. The van der Waals surface area contributed by atoms with Gasteiger partial charge in [0.15, 0.2) is 0 Å². The normalized spacial score (nSPS) is 16.0. The van der Waals surface area contributed by atoms with Gasteiger partial charge in [-0.15, -0.1) is 10.2 Å². The highest BCUT2D eigenvalue weighted by atomic mass is 16.4. The molecule has 0 saturated heterocycles. The van der Waals surface area contributed by atoms with Crippen LogP contribution in [-0.2, 0) is 11.8 Å². The Bertz CT molecular complexity index is 1460. The molecule has 0 spiro atoms. The highest BCUT2D eigenvalue weighted by Crippen LogP contribution is 2.29. The van der Waals surface area contributed by atoms with Crippen molar-refractivity contribution in [1.29, 1.82) is 0 Å². The monoisotopic (exact) mass is 531 g/mol. The molecular weight excluding hydrogens is 498 g/mol. The molecular formula is C27H33N9O3. The van der Waals surface area contributed by atoms with E-state index < -0.39 is 5.91 Å². The fourth-order valence-electron chi connectivity index (χ4n) is 4.53. The minimum atomic E-state index is -0.426. The third-order valence-corrected chi connectivity index (χ3v) is 6.67. The van der Waals surface area contributed by atoms with Crippen molar-refractivity contribution in [2.24, 2.45) is 0 Å². The number of aromatic nitrogens is 6. The number of benzene rings is 1. The summed E-state index contributed by atoms with van der Waals surface area (Å²) in [7, 11) is 0. The van der Waals surface area contributed by atoms with Crippen molar-refractivity contribution in [1.82, 2.24) is 40.6 Å². The van der Waals surface area contributed by atoms with Crippen molar-refractivity contribution in [3.63, 3.8) is 0 Å². The Kier molecular flexibility index (Phi) is 7.40. The van der Waals surface area contributed by atoms with Gasteiger partial charge >= 0.3 is 11.8 Å². The molecule has 1 atom stereocenters. The Hall–Kier alpha value is -4.16. The summed E-state index contributed by atoms with van der Waals surface area (Å²) in [6.45, 7) is 9.60. The fraction of sp³-hybridized carbons (Fsp3) is 0.407. The van der Waals surface area contributed by atoms with Gasteiger partial charge in [0.25, 0.3) is 0 Å². The van der Waals surface area contributed by atoms with Crippen LogP contribution in [0, 0.1) is 6.92 Å². The van der Waals surface area contributed by atoms with Gasteiger partial charge in [-0.3, -0.25) is 14.8 Å². The van der Waals surface area contributed by atoms with Gasteiger partial charge in [0, 0.05) is 36.8 Å². The Balaban J connectivity index is 1.41. The highest BCUT2D eigenvalue weighted by molar-refractivity contribution is 5.89. The van der Waals surface area contributed by atoms with E-state index in [0.29, 0.717) is 24.9 Å². The van der Waals surface area contributed by atoms with Gasteiger partial charge in [-0.25, -0.2) is 9.97 Å². The molecule has 0 bridgehead atoms. The van der Waals surface area contributed by atoms with Crippen molar-refractivity contribution in [2.45, 2.75) is 45.6 Å². The van der Waals surface area contributed by atoms with Gasteiger partial charge in [-0.1, -0.05) is 32.9 Å². The number of rotatable bonds is 7. The Labute approximate surface area is 226 Å². The first kappa shape index (κ1) is 26.4. The lowest BCUT2D eigenvalue weighted by Crippen LogP contribution is -2.38. The van der Waals surface area contributed by atoms with Gasteiger partial charge in [0.2, 0.25) is 11.8 Å². The SMILES string of the molecule is Cc1[nH]ncc1Nc1nccc(-c2ccc3c(c2)CCN(CCO)C[C@@H]3NC(=O)c2nnc(C(C)(C)C)o2)n1. The molecule has 0 unspecified atom stereocenters. The predicted molar refractivity (Wildman–Crippen MR) is 145 cm³/mol. The molecule has 1 aliphatic heterocycles. The first-order chi connectivity index (χ1) is 18.7. The third-order valence-electron chi connectivity index (χ3n) is 6.67. The van der Waals surface area contributed by atoms with Crippen LogP contribution in [0.25, 0.3) is 11.3 Å². The van der Waals surface area contributed by atoms with E-state index in [1.165, 1.54) is 0 Å². The number of β-amino-alcohol motifs (C(OH)–C–C–N with tert-alkyl or cyclic N) is 1. The number of aromatic amines is 1. The molecule has 1 aliphatic rings. The van der Waals surface area contributed by atoms with Crippen LogP contribution < -0.4 is 10.6 Å². The number of carbonyl (C=O) groups excluding carboxylic acids is 1. The van der Waals surface area contributed by atoms with Gasteiger partial charge in [0.1, 0.15) is 0 Å². The van der Waals surface area contributed by atoms with Crippen molar-refractivity contribution < 1.29 is 14.3 Å². The summed E-state index contributed by atoms with van der Waals surface area (Å²) >= 11 is 0. The molecule has 0 aliphatic carbocycles. The number of aryl methyl sites for hydroxylation is 1. The number of nitrogens with one attached hydrogen (secondary N) is 3. The van der Waals surface area contributed by atoms with E-state index in [4.69, 9.17) is 9.40 Å². The van der Waals surface area contributed by atoms with Crippen LogP contribution in [0.1, 0.15) is 60.2 Å². The number of carbonyl (C=O) groups is 1. The molecule has 0 radical (unpaired) electrons. The number of aliphatic hydroxyl groups is 1. The van der Waals surface area contributed by atoms with Gasteiger partial charge in [0.05, 0.1) is 35.9 Å². The van der Waals surface area contributed by atoms with Crippen molar-refractivity contribution >= 4 is 17.5 Å². The maximum atomic E-state index is 13.1. The Morgan fingerprint density at radius 1 is 1.26 bits per heavy atom. The molecule has 4 heterocycles. The number of amides is 1. The smallest absolute Gasteiger partial charge is 0.309 e. The summed E-state index contributed by atoms with van der Waals surface area (Å²) in [5.41, 5.74) is 5.16. The van der Waals surface area contributed by atoms with Crippen LogP contribution in [-0.4, -0.2) is 72.5 Å². The number of aliphatic hydroxyl groups excluding tert-OH is 1. The molecule has 1 amide bonds. The van der Waals surface area contributed by atoms with Crippen LogP contribution in [0.4, 0.5) is 11.6 Å². The lowest BCUT2D eigenvalue weighted by Gasteiger charge is -2.24. The number of fused-ring (bicyclic) bond motifs is 1. The van der Waals surface area contributed by atoms with E-state index in [2.05, 4.69) is 47.0 Å². The largest absolute Gasteiger partial charge is 0.416 e. The topological polar surface area (TPSA) is 158 Å². The Morgan fingerprint density at radius 3 is 2.82 bits per heavy atom. The first-order valence-corrected chi connectivity index (χ1v) is 12.9. The van der Waals surface area contributed by atoms with Crippen LogP contribution in [0.15, 0.2) is 41.1 Å². The second-order valence-electron chi connectivity index (χ2n) is 10.7. The van der Waals surface area contributed by atoms with Crippen LogP contribution in [0.3, 0.4) is 0 Å².